The molecule has 84 valence electrons. The second kappa shape index (κ2) is 5.28. The number of carbonyl (C=O) groups is 1. The second-order valence-corrected chi connectivity index (χ2v) is 5.22. The quantitative estimate of drug-likeness (QED) is 0.846. The van der Waals surface area contributed by atoms with Crippen LogP contribution >= 0.6 is 11.3 Å². The first-order chi connectivity index (χ1) is 7.00. The third kappa shape index (κ3) is 3.64. The van der Waals surface area contributed by atoms with E-state index >= 15 is 0 Å². The lowest BCUT2D eigenvalue weighted by Gasteiger charge is -2.17. The Balaban J connectivity index is 2.40. The summed E-state index contributed by atoms with van der Waals surface area (Å²) < 4.78 is 0. The Morgan fingerprint density at radius 2 is 2.20 bits per heavy atom. The zero-order chi connectivity index (χ0) is 11.4. The molecule has 1 rings (SSSR count). The molecule has 0 aliphatic heterocycles. The maximum Gasteiger partial charge on any atom is 0.238 e. The van der Waals surface area contributed by atoms with Crippen LogP contribution in [-0.4, -0.2) is 30.9 Å². The Kier molecular flexibility index (Phi) is 4.29. The van der Waals surface area contributed by atoms with E-state index in [4.69, 9.17) is 0 Å². The summed E-state index contributed by atoms with van der Waals surface area (Å²) in [6.45, 7) is 4.74. The molecule has 0 saturated heterocycles. The third-order valence-electron chi connectivity index (χ3n) is 2.19. The van der Waals surface area contributed by atoms with E-state index < -0.39 is 0 Å². The van der Waals surface area contributed by atoms with Crippen LogP contribution in [0.15, 0.2) is 12.1 Å². The molecule has 0 bridgehead atoms. The molecule has 0 unspecified atom stereocenters. The lowest BCUT2D eigenvalue weighted by Crippen LogP contribution is -2.40. The van der Waals surface area contributed by atoms with Crippen molar-refractivity contribution in [1.82, 2.24) is 10.2 Å². The molecular formula is C11H18N2OS. The van der Waals surface area contributed by atoms with Crippen molar-refractivity contribution in [3.05, 3.63) is 21.9 Å². The number of likely N-dealkylation sites (N-methyl/N-ethyl adjacent to an activating group) is 1. The zero-order valence-electron chi connectivity index (χ0n) is 9.70. The van der Waals surface area contributed by atoms with Crippen LogP contribution in [-0.2, 0) is 11.3 Å². The highest BCUT2D eigenvalue weighted by Gasteiger charge is 2.13. The molecule has 1 amide bonds. The molecule has 0 aliphatic carbocycles. The van der Waals surface area contributed by atoms with Crippen LogP contribution in [0.25, 0.3) is 0 Å². The topological polar surface area (TPSA) is 32.3 Å². The van der Waals surface area contributed by atoms with Gasteiger partial charge in [0.2, 0.25) is 5.91 Å². The summed E-state index contributed by atoms with van der Waals surface area (Å²) in [5.74, 6) is 0.114. The summed E-state index contributed by atoms with van der Waals surface area (Å²) in [6, 6.07) is 4.07. The molecule has 0 aliphatic rings. The predicted octanol–water partition coefficient (Wildman–Crippen LogP) is 1.62. The zero-order valence-corrected chi connectivity index (χ0v) is 10.5. The first kappa shape index (κ1) is 12.2. The fourth-order valence-electron chi connectivity index (χ4n) is 1.31. The summed E-state index contributed by atoms with van der Waals surface area (Å²) >= 11 is 1.76. The Hall–Kier alpha value is -0.870. The molecule has 1 aromatic heterocycles. The number of nitrogens with one attached hydrogen (secondary N) is 1. The lowest BCUT2D eigenvalue weighted by molar-refractivity contribution is -0.130. The Morgan fingerprint density at radius 1 is 1.53 bits per heavy atom. The van der Waals surface area contributed by atoms with Gasteiger partial charge in [-0.15, -0.1) is 11.3 Å². The SMILES string of the molecule is Cc1ccc(CN[C@H](C)C(=O)N(C)C)s1. The van der Waals surface area contributed by atoms with Crippen molar-refractivity contribution >= 4 is 17.2 Å². The van der Waals surface area contributed by atoms with E-state index in [1.165, 1.54) is 9.75 Å². The molecule has 3 nitrogen and oxygen atoms in total. The minimum absolute atomic E-state index is 0.114. The van der Waals surface area contributed by atoms with E-state index in [0.717, 1.165) is 6.54 Å². The summed E-state index contributed by atoms with van der Waals surface area (Å²) in [5.41, 5.74) is 0. The highest BCUT2D eigenvalue weighted by molar-refractivity contribution is 7.11. The van der Waals surface area contributed by atoms with Crippen molar-refractivity contribution < 1.29 is 4.79 Å². The molecule has 0 aromatic carbocycles. The first-order valence-corrected chi connectivity index (χ1v) is 5.82. The largest absolute Gasteiger partial charge is 0.347 e. The van der Waals surface area contributed by atoms with Crippen molar-refractivity contribution in [2.75, 3.05) is 14.1 Å². The third-order valence-corrected chi connectivity index (χ3v) is 3.19. The van der Waals surface area contributed by atoms with Crippen LogP contribution in [0.4, 0.5) is 0 Å². The van der Waals surface area contributed by atoms with Gasteiger partial charge in [0.25, 0.3) is 0 Å². The Bertz CT molecular complexity index is 333. The number of hydrogen-bond acceptors (Lipinski definition) is 3. The van der Waals surface area contributed by atoms with Crippen molar-refractivity contribution in [1.29, 1.82) is 0 Å². The maximum absolute atomic E-state index is 11.5. The number of thiophene rings is 1. The van der Waals surface area contributed by atoms with E-state index in [-0.39, 0.29) is 11.9 Å². The summed E-state index contributed by atoms with van der Waals surface area (Å²) in [4.78, 5) is 15.7. The predicted molar refractivity (Wildman–Crippen MR) is 64.1 cm³/mol. The van der Waals surface area contributed by atoms with Gasteiger partial charge >= 0.3 is 0 Å². The van der Waals surface area contributed by atoms with Crippen molar-refractivity contribution in [3.8, 4) is 0 Å². The summed E-state index contributed by atoms with van der Waals surface area (Å²) in [6.07, 6.45) is 0. The van der Waals surface area contributed by atoms with Crippen LogP contribution in [0.2, 0.25) is 0 Å². The summed E-state index contributed by atoms with van der Waals surface area (Å²) in [5, 5.41) is 3.21. The van der Waals surface area contributed by atoms with Gasteiger partial charge in [-0.2, -0.15) is 0 Å². The molecule has 1 aromatic rings. The first-order valence-electron chi connectivity index (χ1n) is 5.00. The maximum atomic E-state index is 11.5. The van der Waals surface area contributed by atoms with Gasteiger partial charge in [0, 0.05) is 30.4 Å². The molecule has 0 radical (unpaired) electrons. The van der Waals surface area contributed by atoms with E-state index in [1.54, 1.807) is 30.3 Å². The standard InChI is InChI=1S/C11H18N2OS/c1-8-5-6-10(15-8)7-12-9(2)11(14)13(3)4/h5-6,9,12H,7H2,1-4H3/t9-/m1/s1. The van der Waals surface area contributed by atoms with E-state index in [9.17, 15) is 4.79 Å². The molecule has 15 heavy (non-hydrogen) atoms. The fourth-order valence-corrected chi connectivity index (χ4v) is 2.15. The number of rotatable bonds is 4. The van der Waals surface area contributed by atoms with Gasteiger partial charge in [-0.3, -0.25) is 4.79 Å². The van der Waals surface area contributed by atoms with Gasteiger partial charge in [0.1, 0.15) is 0 Å². The molecule has 0 fully saturated rings. The molecule has 0 saturated carbocycles. The van der Waals surface area contributed by atoms with Gasteiger partial charge < -0.3 is 10.2 Å². The average Bonchev–Trinajstić information content (AvgIpc) is 2.59. The second-order valence-electron chi connectivity index (χ2n) is 3.85. The van der Waals surface area contributed by atoms with Crippen LogP contribution < -0.4 is 5.32 Å². The average molecular weight is 226 g/mol. The number of carbonyl (C=O) groups excluding carboxylic acids is 1. The van der Waals surface area contributed by atoms with Crippen molar-refractivity contribution in [2.24, 2.45) is 0 Å². The van der Waals surface area contributed by atoms with Crippen LogP contribution in [0.5, 0.6) is 0 Å². The lowest BCUT2D eigenvalue weighted by atomic mass is 10.3. The van der Waals surface area contributed by atoms with Crippen LogP contribution in [0.3, 0.4) is 0 Å². The molecule has 1 atom stereocenters. The molecular weight excluding hydrogens is 208 g/mol. The number of aryl methyl sites for hydroxylation is 1. The minimum atomic E-state index is -0.123. The van der Waals surface area contributed by atoms with Gasteiger partial charge in [0.05, 0.1) is 6.04 Å². The molecule has 0 spiro atoms. The van der Waals surface area contributed by atoms with Crippen LogP contribution in [0, 0.1) is 6.92 Å². The summed E-state index contributed by atoms with van der Waals surface area (Å²) in [7, 11) is 3.55. The number of amides is 1. The Labute approximate surface area is 95.1 Å². The molecule has 1 heterocycles. The highest BCUT2D eigenvalue weighted by atomic mass is 32.1. The van der Waals surface area contributed by atoms with Crippen molar-refractivity contribution in [2.45, 2.75) is 26.4 Å². The minimum Gasteiger partial charge on any atom is -0.347 e. The molecule has 4 heteroatoms. The van der Waals surface area contributed by atoms with Gasteiger partial charge in [0.15, 0.2) is 0 Å². The van der Waals surface area contributed by atoms with E-state index in [1.807, 2.05) is 6.92 Å². The van der Waals surface area contributed by atoms with E-state index in [2.05, 4.69) is 24.4 Å². The normalized spacial score (nSPS) is 12.5. The number of hydrogen-bond donors (Lipinski definition) is 1. The van der Waals surface area contributed by atoms with Crippen molar-refractivity contribution in [3.63, 3.8) is 0 Å². The fraction of sp³-hybridized carbons (Fsp3) is 0.545. The smallest absolute Gasteiger partial charge is 0.238 e. The Morgan fingerprint density at radius 3 is 2.67 bits per heavy atom. The van der Waals surface area contributed by atoms with Crippen LogP contribution in [0.1, 0.15) is 16.7 Å². The highest BCUT2D eigenvalue weighted by Crippen LogP contribution is 2.14. The van der Waals surface area contributed by atoms with Gasteiger partial charge in [-0.1, -0.05) is 0 Å². The van der Waals surface area contributed by atoms with E-state index in [0.29, 0.717) is 0 Å². The number of nitrogens with zero attached hydrogens (tertiary/aromatic N) is 1. The van der Waals surface area contributed by atoms with Gasteiger partial charge in [-0.25, -0.2) is 0 Å². The van der Waals surface area contributed by atoms with Gasteiger partial charge in [-0.05, 0) is 26.0 Å². The molecule has 1 N–H and O–H groups in total. The monoisotopic (exact) mass is 226 g/mol.